The molecule has 2 aromatic carbocycles. The van der Waals surface area contributed by atoms with Crippen molar-refractivity contribution in [2.45, 2.75) is 32.3 Å². The molecule has 154 valence electrons. The topological polar surface area (TPSA) is 37.6 Å². The Morgan fingerprint density at radius 2 is 1.83 bits per heavy atom. The van der Waals surface area contributed by atoms with E-state index in [9.17, 15) is 5.11 Å². The number of nitrogens with zero attached hydrogens (tertiary/aromatic N) is 2. The number of likely N-dealkylation sites (tertiary alicyclic amines) is 1. The molecule has 29 heavy (non-hydrogen) atoms. The van der Waals surface area contributed by atoms with Crippen LogP contribution in [0.1, 0.15) is 35.8 Å². The summed E-state index contributed by atoms with van der Waals surface area (Å²) in [6, 6.07) is 16.9. The van der Waals surface area contributed by atoms with Gasteiger partial charge in [0.05, 0.1) is 13.2 Å². The number of piperidine rings is 1. The molecule has 4 nitrogen and oxygen atoms in total. The van der Waals surface area contributed by atoms with E-state index >= 15 is 0 Å². The van der Waals surface area contributed by atoms with Gasteiger partial charge in [-0.15, -0.1) is 0 Å². The molecule has 1 aliphatic heterocycles. The first-order chi connectivity index (χ1) is 14.1. The van der Waals surface area contributed by atoms with Crippen molar-refractivity contribution in [3.63, 3.8) is 0 Å². The Bertz CT molecular complexity index is 956. The number of ether oxygens (including phenoxy) is 1. The minimum Gasteiger partial charge on any atom is -0.497 e. The number of aliphatic hydroxyl groups excluding tert-OH is 1. The highest BCUT2D eigenvalue weighted by Gasteiger charge is 2.25. The second-order valence-electron chi connectivity index (χ2n) is 8.39. The van der Waals surface area contributed by atoms with Crippen LogP contribution in [0.3, 0.4) is 0 Å². The van der Waals surface area contributed by atoms with Crippen molar-refractivity contribution in [1.29, 1.82) is 0 Å². The lowest BCUT2D eigenvalue weighted by atomic mass is 9.90. The van der Waals surface area contributed by atoms with Crippen molar-refractivity contribution < 1.29 is 9.84 Å². The molecule has 0 spiro atoms. The maximum atomic E-state index is 11.1. The van der Waals surface area contributed by atoms with Crippen LogP contribution in [0.5, 0.6) is 5.75 Å². The molecule has 4 heteroatoms. The number of β-amino-alcohol motifs (C(OH)–C–C–N with tert-alkyl or cyclic N) is 1. The Morgan fingerprint density at radius 3 is 2.52 bits per heavy atom. The van der Waals surface area contributed by atoms with Crippen LogP contribution in [-0.4, -0.2) is 41.3 Å². The highest BCUT2D eigenvalue weighted by atomic mass is 16.5. The average molecular weight is 393 g/mol. The van der Waals surface area contributed by atoms with Crippen molar-refractivity contribution in [2.75, 3.05) is 26.7 Å². The average Bonchev–Trinajstić information content (AvgIpc) is 3.00. The van der Waals surface area contributed by atoms with Gasteiger partial charge in [-0.1, -0.05) is 30.3 Å². The molecule has 0 bridgehead atoms. The SMILES string of the molecule is COc1ccc2c(c1)c([C@@H](O)CN1CCC(Cc3ccccc3)CC1)c(C)n2C. The molecule has 4 rings (SSSR count). The molecule has 0 unspecified atom stereocenters. The second-order valence-corrected chi connectivity index (χ2v) is 8.39. The minimum atomic E-state index is -0.489. The molecule has 0 amide bonds. The zero-order chi connectivity index (χ0) is 20.4. The Labute approximate surface area is 173 Å². The van der Waals surface area contributed by atoms with E-state index in [0.29, 0.717) is 6.54 Å². The summed E-state index contributed by atoms with van der Waals surface area (Å²) < 4.78 is 7.58. The van der Waals surface area contributed by atoms with E-state index in [1.54, 1.807) is 7.11 Å². The Morgan fingerprint density at radius 1 is 1.10 bits per heavy atom. The minimum absolute atomic E-state index is 0.489. The second kappa shape index (κ2) is 8.60. The first-order valence-corrected chi connectivity index (χ1v) is 10.6. The summed E-state index contributed by atoms with van der Waals surface area (Å²) in [4.78, 5) is 2.42. The predicted octanol–water partition coefficient (Wildman–Crippen LogP) is 4.48. The van der Waals surface area contributed by atoms with E-state index in [-0.39, 0.29) is 0 Å². The van der Waals surface area contributed by atoms with Gasteiger partial charge in [0.2, 0.25) is 0 Å². The highest BCUT2D eigenvalue weighted by Crippen LogP contribution is 2.33. The summed E-state index contributed by atoms with van der Waals surface area (Å²) in [5.41, 5.74) is 4.73. The molecule has 3 aromatic rings. The summed E-state index contributed by atoms with van der Waals surface area (Å²) in [5.74, 6) is 1.58. The summed E-state index contributed by atoms with van der Waals surface area (Å²) >= 11 is 0. The van der Waals surface area contributed by atoms with E-state index in [1.165, 1.54) is 24.8 Å². The first kappa shape index (κ1) is 20.0. The largest absolute Gasteiger partial charge is 0.497 e. The molecule has 1 saturated heterocycles. The molecule has 0 aliphatic carbocycles. The van der Waals surface area contributed by atoms with E-state index in [4.69, 9.17) is 4.74 Å². The van der Waals surface area contributed by atoms with Gasteiger partial charge in [0.15, 0.2) is 0 Å². The van der Waals surface area contributed by atoms with Gasteiger partial charge in [-0.05, 0) is 69.0 Å². The molecule has 1 atom stereocenters. The number of aromatic nitrogens is 1. The third kappa shape index (κ3) is 4.19. The number of aryl methyl sites for hydroxylation is 1. The Hall–Kier alpha value is -2.30. The molecular weight excluding hydrogens is 360 g/mol. The zero-order valence-corrected chi connectivity index (χ0v) is 17.8. The number of hydrogen-bond acceptors (Lipinski definition) is 3. The van der Waals surface area contributed by atoms with E-state index in [1.807, 2.05) is 12.1 Å². The maximum absolute atomic E-state index is 11.1. The Balaban J connectivity index is 1.42. The van der Waals surface area contributed by atoms with Crippen LogP contribution >= 0.6 is 0 Å². The summed E-state index contributed by atoms with van der Waals surface area (Å²) in [5, 5.41) is 12.2. The van der Waals surface area contributed by atoms with E-state index in [2.05, 4.69) is 59.8 Å². The number of rotatable bonds is 6. The number of hydrogen-bond donors (Lipinski definition) is 1. The third-order valence-corrected chi connectivity index (χ3v) is 6.59. The number of methoxy groups -OCH3 is 1. The van der Waals surface area contributed by atoms with Crippen LogP contribution in [0.25, 0.3) is 10.9 Å². The molecule has 2 heterocycles. The summed E-state index contributed by atoms with van der Waals surface area (Å²) in [6.45, 7) is 4.90. The molecule has 1 aliphatic rings. The highest BCUT2D eigenvalue weighted by molar-refractivity contribution is 5.87. The molecular formula is C25H32N2O2. The molecule has 0 radical (unpaired) electrons. The molecule has 1 N–H and O–H groups in total. The van der Waals surface area contributed by atoms with Gasteiger partial charge >= 0.3 is 0 Å². The van der Waals surface area contributed by atoms with Gasteiger partial charge in [-0.3, -0.25) is 0 Å². The predicted molar refractivity (Wildman–Crippen MR) is 118 cm³/mol. The van der Waals surface area contributed by atoms with Crippen molar-refractivity contribution >= 4 is 10.9 Å². The fourth-order valence-electron chi connectivity index (χ4n) is 4.78. The van der Waals surface area contributed by atoms with Gasteiger partial charge in [0.25, 0.3) is 0 Å². The molecule has 1 fully saturated rings. The monoisotopic (exact) mass is 392 g/mol. The standard InChI is InChI=1S/C25H32N2O2/c1-18-25(22-16-21(29-3)9-10-23(22)26(18)2)24(28)17-27-13-11-20(12-14-27)15-19-7-5-4-6-8-19/h4-10,16,20,24,28H,11-15,17H2,1-3H3/t24-/m0/s1. The van der Waals surface area contributed by atoms with Crippen LogP contribution in [-0.2, 0) is 13.5 Å². The number of aliphatic hydroxyl groups is 1. The molecule has 1 aromatic heterocycles. The van der Waals surface area contributed by atoms with E-state index < -0.39 is 6.10 Å². The van der Waals surface area contributed by atoms with E-state index in [0.717, 1.165) is 46.9 Å². The fourth-order valence-corrected chi connectivity index (χ4v) is 4.78. The zero-order valence-electron chi connectivity index (χ0n) is 17.8. The van der Waals surface area contributed by atoms with Crippen LogP contribution in [0, 0.1) is 12.8 Å². The quantitative estimate of drug-likeness (QED) is 0.672. The Kier molecular flexibility index (Phi) is 5.93. The van der Waals surface area contributed by atoms with Gasteiger partial charge in [-0.25, -0.2) is 0 Å². The van der Waals surface area contributed by atoms with Crippen LogP contribution in [0.4, 0.5) is 0 Å². The smallest absolute Gasteiger partial charge is 0.119 e. The maximum Gasteiger partial charge on any atom is 0.119 e. The third-order valence-electron chi connectivity index (χ3n) is 6.59. The van der Waals surface area contributed by atoms with Crippen LogP contribution in [0.15, 0.2) is 48.5 Å². The van der Waals surface area contributed by atoms with Crippen LogP contribution < -0.4 is 4.74 Å². The van der Waals surface area contributed by atoms with Gasteiger partial charge in [-0.2, -0.15) is 0 Å². The van der Waals surface area contributed by atoms with Gasteiger partial charge < -0.3 is 19.3 Å². The van der Waals surface area contributed by atoms with Gasteiger partial charge in [0.1, 0.15) is 5.75 Å². The summed E-state index contributed by atoms with van der Waals surface area (Å²) in [7, 11) is 3.75. The lowest BCUT2D eigenvalue weighted by Crippen LogP contribution is -2.37. The number of fused-ring (bicyclic) bond motifs is 1. The van der Waals surface area contributed by atoms with Crippen molar-refractivity contribution in [2.24, 2.45) is 13.0 Å². The number of benzene rings is 2. The fraction of sp³-hybridized carbons (Fsp3) is 0.440. The summed E-state index contributed by atoms with van der Waals surface area (Å²) in [6.07, 6.45) is 3.07. The van der Waals surface area contributed by atoms with Gasteiger partial charge in [0, 0.05) is 35.8 Å². The first-order valence-electron chi connectivity index (χ1n) is 10.6. The normalized spacial score (nSPS) is 17.0. The van der Waals surface area contributed by atoms with Crippen LogP contribution in [0.2, 0.25) is 0 Å². The molecule has 0 saturated carbocycles. The lowest BCUT2D eigenvalue weighted by Gasteiger charge is -2.33. The van der Waals surface area contributed by atoms with Crippen molar-refractivity contribution in [3.8, 4) is 5.75 Å². The lowest BCUT2D eigenvalue weighted by molar-refractivity contribution is 0.0896. The van der Waals surface area contributed by atoms with Crippen molar-refractivity contribution in [3.05, 3.63) is 65.4 Å². The van der Waals surface area contributed by atoms with Crippen molar-refractivity contribution in [1.82, 2.24) is 9.47 Å².